The van der Waals surface area contributed by atoms with Crippen LogP contribution in [0.1, 0.15) is 35.2 Å². The molecule has 2 aromatic carbocycles. The first-order valence-electron chi connectivity index (χ1n) is 9.63. The van der Waals surface area contributed by atoms with E-state index < -0.39 is 21.7 Å². The van der Waals surface area contributed by atoms with Crippen LogP contribution in [0.25, 0.3) is 0 Å². The molecule has 29 heavy (non-hydrogen) atoms. The topological polar surface area (TPSA) is 69.7 Å². The maximum absolute atomic E-state index is 14.1. The third-order valence-corrected chi connectivity index (χ3v) is 6.89. The molecule has 156 valence electrons. The van der Waals surface area contributed by atoms with Crippen molar-refractivity contribution < 1.29 is 17.6 Å². The number of anilines is 1. The zero-order chi connectivity index (χ0) is 21.0. The van der Waals surface area contributed by atoms with Crippen LogP contribution in [0.3, 0.4) is 0 Å². The van der Waals surface area contributed by atoms with Crippen LogP contribution in [-0.2, 0) is 16.6 Å². The lowest BCUT2D eigenvalue weighted by atomic mass is 10.1. The largest absolute Gasteiger partial charge is 0.375 e. The van der Waals surface area contributed by atoms with Crippen LogP contribution in [0, 0.1) is 5.82 Å². The average molecular weight is 420 g/mol. The van der Waals surface area contributed by atoms with Crippen LogP contribution in [0.4, 0.5) is 10.1 Å². The molecule has 0 bridgehead atoms. The second kappa shape index (κ2) is 8.92. The predicted octanol–water partition coefficient (Wildman–Crippen LogP) is 3.00. The van der Waals surface area contributed by atoms with Crippen molar-refractivity contribution in [1.82, 2.24) is 9.62 Å². The van der Waals surface area contributed by atoms with Crippen molar-refractivity contribution in [2.45, 2.75) is 30.7 Å². The summed E-state index contributed by atoms with van der Waals surface area (Å²) in [6, 6.07) is 10.9. The van der Waals surface area contributed by atoms with E-state index in [4.69, 9.17) is 0 Å². The van der Waals surface area contributed by atoms with E-state index in [1.807, 2.05) is 0 Å². The van der Waals surface area contributed by atoms with E-state index in [1.54, 1.807) is 55.4 Å². The maximum Gasteiger partial charge on any atom is 0.251 e. The number of carbonyl (C=O) groups is 1. The molecule has 6 nitrogen and oxygen atoms in total. The highest BCUT2D eigenvalue weighted by atomic mass is 32.2. The molecule has 0 saturated carbocycles. The Kier molecular flexibility index (Phi) is 6.54. The lowest BCUT2D eigenvalue weighted by Crippen LogP contribution is -2.35. The van der Waals surface area contributed by atoms with Gasteiger partial charge in [0.2, 0.25) is 10.0 Å². The molecule has 2 aromatic rings. The Morgan fingerprint density at radius 1 is 1.10 bits per heavy atom. The van der Waals surface area contributed by atoms with Crippen LogP contribution in [-0.4, -0.2) is 45.8 Å². The fraction of sp³-hybridized carbons (Fsp3) is 0.381. The molecule has 0 spiro atoms. The highest BCUT2D eigenvalue weighted by Gasteiger charge is 2.26. The zero-order valence-electron chi connectivity index (χ0n) is 16.7. The predicted molar refractivity (Wildman–Crippen MR) is 111 cm³/mol. The first kappa shape index (κ1) is 21.3. The maximum atomic E-state index is 14.1. The lowest BCUT2D eigenvalue weighted by molar-refractivity contribution is 0.0950. The minimum atomic E-state index is -3.53. The van der Waals surface area contributed by atoms with Crippen LogP contribution in [0.5, 0.6) is 0 Å². The molecule has 0 atom stereocenters. The second-order valence-electron chi connectivity index (χ2n) is 7.36. The van der Waals surface area contributed by atoms with Gasteiger partial charge in [0.25, 0.3) is 5.91 Å². The highest BCUT2D eigenvalue weighted by Crippen LogP contribution is 2.22. The fourth-order valence-corrected chi connectivity index (χ4v) is 4.95. The number of carbonyl (C=O) groups excluding carboxylic acids is 1. The Bertz CT molecular complexity index is 986. The van der Waals surface area contributed by atoms with E-state index in [2.05, 4.69) is 5.32 Å². The monoisotopic (exact) mass is 419 g/mol. The average Bonchev–Trinajstić information content (AvgIpc) is 2.72. The van der Waals surface area contributed by atoms with Gasteiger partial charge < -0.3 is 10.2 Å². The van der Waals surface area contributed by atoms with Gasteiger partial charge in [0.1, 0.15) is 5.82 Å². The summed E-state index contributed by atoms with van der Waals surface area (Å²) in [6.07, 6.45) is 2.80. The molecule has 1 N–H and O–H groups in total. The van der Waals surface area contributed by atoms with Gasteiger partial charge in [-0.2, -0.15) is 4.31 Å². The Morgan fingerprint density at radius 2 is 1.83 bits per heavy atom. The molecule has 1 fully saturated rings. The number of hydrogen-bond donors (Lipinski definition) is 1. The summed E-state index contributed by atoms with van der Waals surface area (Å²) in [7, 11) is -0.0769. The van der Waals surface area contributed by atoms with Crippen LogP contribution >= 0.6 is 0 Å². The molecular formula is C21H26FN3O3S. The number of halogens is 1. The van der Waals surface area contributed by atoms with E-state index >= 15 is 0 Å². The Balaban J connectivity index is 1.69. The summed E-state index contributed by atoms with van der Waals surface area (Å²) < 4.78 is 41.2. The third kappa shape index (κ3) is 4.94. The van der Waals surface area contributed by atoms with Crippen LogP contribution in [0.2, 0.25) is 0 Å². The Morgan fingerprint density at radius 3 is 2.48 bits per heavy atom. The molecule has 0 unspecified atom stereocenters. The minimum absolute atomic E-state index is 0.152. The van der Waals surface area contributed by atoms with Crippen LogP contribution < -0.4 is 10.2 Å². The number of nitrogens with one attached hydrogen (secondary N) is 1. The van der Waals surface area contributed by atoms with Gasteiger partial charge in [0.15, 0.2) is 0 Å². The number of nitrogens with zero attached hydrogens (tertiary/aromatic N) is 2. The first-order chi connectivity index (χ1) is 13.8. The molecule has 0 aromatic heterocycles. The van der Waals surface area contributed by atoms with Gasteiger partial charge in [-0.05, 0) is 48.7 Å². The molecule has 0 radical (unpaired) electrons. The number of sulfonamides is 1. The molecule has 1 aliphatic heterocycles. The lowest BCUT2D eigenvalue weighted by Gasteiger charge is -2.26. The first-order valence-corrected chi connectivity index (χ1v) is 11.1. The number of rotatable bonds is 6. The number of amides is 1. The molecule has 1 aliphatic rings. The second-order valence-corrected chi connectivity index (χ2v) is 9.29. The van der Waals surface area contributed by atoms with Gasteiger partial charge >= 0.3 is 0 Å². The van der Waals surface area contributed by atoms with Crippen molar-refractivity contribution in [3.05, 3.63) is 59.4 Å². The smallest absolute Gasteiger partial charge is 0.251 e. The van der Waals surface area contributed by atoms with Gasteiger partial charge in [0, 0.05) is 39.3 Å². The minimum Gasteiger partial charge on any atom is -0.375 e. The number of benzene rings is 2. The molecule has 1 saturated heterocycles. The van der Waals surface area contributed by atoms with Crippen molar-refractivity contribution in [2.75, 3.05) is 32.1 Å². The van der Waals surface area contributed by atoms with Gasteiger partial charge in [-0.1, -0.05) is 18.6 Å². The quantitative estimate of drug-likeness (QED) is 0.782. The molecule has 0 aliphatic carbocycles. The summed E-state index contributed by atoms with van der Waals surface area (Å²) >= 11 is 0. The molecule has 1 heterocycles. The van der Waals surface area contributed by atoms with Crippen molar-refractivity contribution in [3.8, 4) is 0 Å². The van der Waals surface area contributed by atoms with Crippen LogP contribution in [0.15, 0.2) is 47.4 Å². The summed E-state index contributed by atoms with van der Waals surface area (Å²) in [6.45, 7) is 1.23. The normalized spacial score (nSPS) is 15.1. The van der Waals surface area contributed by atoms with Gasteiger partial charge in [-0.3, -0.25) is 4.79 Å². The Hall–Kier alpha value is -2.45. The fourth-order valence-electron chi connectivity index (χ4n) is 3.37. The Labute approximate surface area is 171 Å². The molecular weight excluding hydrogens is 393 g/mol. The van der Waals surface area contributed by atoms with E-state index in [0.29, 0.717) is 24.3 Å². The zero-order valence-corrected chi connectivity index (χ0v) is 17.5. The summed E-state index contributed by atoms with van der Waals surface area (Å²) in [5, 5.41) is 2.72. The van der Waals surface area contributed by atoms with E-state index in [9.17, 15) is 17.6 Å². The highest BCUT2D eigenvalue weighted by molar-refractivity contribution is 7.89. The summed E-state index contributed by atoms with van der Waals surface area (Å²) in [4.78, 5) is 14.2. The SMILES string of the molecule is CN(C)c1ccc(C(=O)NCc2cccc(S(=O)(=O)N3CCCCC3)c2)cc1F. The van der Waals surface area contributed by atoms with E-state index in [1.165, 1.54) is 10.4 Å². The van der Waals surface area contributed by atoms with Gasteiger partial charge in [-0.15, -0.1) is 0 Å². The van der Waals surface area contributed by atoms with Gasteiger partial charge in [-0.25, -0.2) is 12.8 Å². The summed E-state index contributed by atoms with van der Waals surface area (Å²) in [5.74, 6) is -0.893. The standard InChI is InChI=1S/C21H26FN3O3S/c1-24(2)20-10-9-17(14-19(20)22)21(26)23-15-16-7-6-8-18(13-16)29(27,28)25-11-4-3-5-12-25/h6-10,13-14H,3-5,11-12,15H2,1-2H3,(H,23,26). The number of piperidine rings is 1. The van der Waals surface area contributed by atoms with E-state index in [0.717, 1.165) is 19.3 Å². The van der Waals surface area contributed by atoms with Crippen molar-refractivity contribution >= 4 is 21.6 Å². The molecule has 1 amide bonds. The van der Waals surface area contributed by atoms with E-state index in [-0.39, 0.29) is 17.0 Å². The van der Waals surface area contributed by atoms with Gasteiger partial charge in [0.05, 0.1) is 10.6 Å². The number of hydrogen-bond acceptors (Lipinski definition) is 4. The summed E-state index contributed by atoms with van der Waals surface area (Å²) in [5.41, 5.74) is 1.28. The molecule has 3 rings (SSSR count). The van der Waals surface area contributed by atoms with Crippen molar-refractivity contribution in [2.24, 2.45) is 0 Å². The third-order valence-electron chi connectivity index (χ3n) is 5.00. The van der Waals surface area contributed by atoms with Crippen molar-refractivity contribution in [3.63, 3.8) is 0 Å². The molecule has 8 heteroatoms. The van der Waals surface area contributed by atoms with Crippen molar-refractivity contribution in [1.29, 1.82) is 0 Å².